The SMILES string of the molecule is CC(=O)OC1/C=C\CC2OC(=O)CC2CC1. The Morgan fingerprint density at radius 3 is 3.06 bits per heavy atom. The maximum Gasteiger partial charge on any atom is 0.306 e. The van der Waals surface area contributed by atoms with Crippen molar-refractivity contribution in [2.24, 2.45) is 5.92 Å². The van der Waals surface area contributed by atoms with Crippen LogP contribution in [0.3, 0.4) is 0 Å². The van der Waals surface area contributed by atoms with Gasteiger partial charge in [0.2, 0.25) is 0 Å². The molecule has 4 nitrogen and oxygen atoms in total. The molecule has 0 aromatic carbocycles. The lowest BCUT2D eigenvalue weighted by Gasteiger charge is -2.21. The van der Waals surface area contributed by atoms with Crippen molar-refractivity contribution in [2.75, 3.05) is 0 Å². The lowest BCUT2D eigenvalue weighted by Crippen LogP contribution is -2.22. The van der Waals surface area contributed by atoms with Gasteiger partial charge in [0.25, 0.3) is 0 Å². The molecule has 1 saturated heterocycles. The Morgan fingerprint density at radius 2 is 2.31 bits per heavy atom. The minimum absolute atomic E-state index is 0.0297. The Labute approximate surface area is 94.6 Å². The van der Waals surface area contributed by atoms with Gasteiger partial charge in [0, 0.05) is 19.3 Å². The van der Waals surface area contributed by atoms with Crippen molar-refractivity contribution in [3.8, 4) is 0 Å². The number of esters is 2. The zero-order valence-electron chi connectivity index (χ0n) is 9.35. The fourth-order valence-corrected chi connectivity index (χ4v) is 2.34. The highest BCUT2D eigenvalue weighted by atomic mass is 16.6. The Bertz CT molecular complexity index is 321. The summed E-state index contributed by atoms with van der Waals surface area (Å²) >= 11 is 0. The van der Waals surface area contributed by atoms with Crippen LogP contribution in [0.25, 0.3) is 0 Å². The monoisotopic (exact) mass is 224 g/mol. The van der Waals surface area contributed by atoms with E-state index in [0.717, 1.165) is 19.3 Å². The van der Waals surface area contributed by atoms with Crippen LogP contribution in [-0.2, 0) is 19.1 Å². The maximum absolute atomic E-state index is 11.2. The molecule has 1 heterocycles. The van der Waals surface area contributed by atoms with Crippen molar-refractivity contribution < 1.29 is 19.1 Å². The number of fused-ring (bicyclic) bond motifs is 1. The molecule has 2 rings (SSSR count). The smallest absolute Gasteiger partial charge is 0.306 e. The molecule has 4 heteroatoms. The Morgan fingerprint density at radius 1 is 1.50 bits per heavy atom. The van der Waals surface area contributed by atoms with Crippen molar-refractivity contribution >= 4 is 11.9 Å². The summed E-state index contributed by atoms with van der Waals surface area (Å²) < 4.78 is 10.4. The average Bonchev–Trinajstić information content (AvgIpc) is 2.51. The molecule has 1 aliphatic carbocycles. The van der Waals surface area contributed by atoms with Gasteiger partial charge in [0.05, 0.1) is 6.42 Å². The third kappa shape index (κ3) is 2.62. The highest BCUT2D eigenvalue weighted by Crippen LogP contribution is 2.31. The molecule has 2 aliphatic rings. The van der Waals surface area contributed by atoms with E-state index < -0.39 is 0 Å². The first kappa shape index (κ1) is 11.2. The summed E-state index contributed by atoms with van der Waals surface area (Å²) in [5.74, 6) is -0.0737. The molecule has 0 aromatic heterocycles. The van der Waals surface area contributed by atoms with Crippen molar-refractivity contribution in [2.45, 2.75) is 44.8 Å². The summed E-state index contributed by atoms with van der Waals surface area (Å²) in [7, 11) is 0. The second-order valence-corrected chi connectivity index (χ2v) is 4.38. The van der Waals surface area contributed by atoms with E-state index in [1.807, 2.05) is 12.2 Å². The molecule has 1 fully saturated rings. The van der Waals surface area contributed by atoms with Gasteiger partial charge in [0.15, 0.2) is 0 Å². The highest BCUT2D eigenvalue weighted by Gasteiger charge is 2.34. The maximum atomic E-state index is 11.2. The van der Waals surface area contributed by atoms with E-state index in [1.165, 1.54) is 6.92 Å². The van der Waals surface area contributed by atoms with Crippen LogP contribution in [0.5, 0.6) is 0 Å². The van der Waals surface area contributed by atoms with Gasteiger partial charge in [-0.2, -0.15) is 0 Å². The Balaban J connectivity index is 1.97. The molecule has 0 bridgehead atoms. The fraction of sp³-hybridized carbons (Fsp3) is 0.667. The molecular formula is C12H16O4. The van der Waals surface area contributed by atoms with E-state index in [-0.39, 0.29) is 30.1 Å². The van der Waals surface area contributed by atoms with Gasteiger partial charge in [-0.3, -0.25) is 9.59 Å². The quantitative estimate of drug-likeness (QED) is 0.501. The number of carbonyl (C=O) groups is 2. The summed E-state index contributed by atoms with van der Waals surface area (Å²) in [6.45, 7) is 1.41. The van der Waals surface area contributed by atoms with Crippen LogP contribution < -0.4 is 0 Å². The minimum Gasteiger partial charge on any atom is -0.462 e. The Kier molecular flexibility index (Phi) is 3.27. The highest BCUT2D eigenvalue weighted by molar-refractivity contribution is 5.72. The molecule has 3 unspecified atom stereocenters. The number of hydrogen-bond acceptors (Lipinski definition) is 4. The van der Waals surface area contributed by atoms with E-state index in [9.17, 15) is 9.59 Å². The number of rotatable bonds is 1. The summed E-state index contributed by atoms with van der Waals surface area (Å²) in [4.78, 5) is 22.0. The Hall–Kier alpha value is -1.32. The third-order valence-electron chi connectivity index (χ3n) is 3.10. The summed E-state index contributed by atoms with van der Waals surface area (Å²) in [6.07, 6.45) is 6.61. The van der Waals surface area contributed by atoms with Crippen LogP contribution in [-0.4, -0.2) is 24.1 Å². The van der Waals surface area contributed by atoms with Crippen molar-refractivity contribution in [3.05, 3.63) is 12.2 Å². The third-order valence-corrected chi connectivity index (χ3v) is 3.10. The van der Waals surface area contributed by atoms with Gasteiger partial charge >= 0.3 is 11.9 Å². The van der Waals surface area contributed by atoms with Crippen LogP contribution in [0.15, 0.2) is 12.2 Å². The minimum atomic E-state index is -0.259. The largest absolute Gasteiger partial charge is 0.462 e. The first-order valence-corrected chi connectivity index (χ1v) is 5.68. The first-order valence-electron chi connectivity index (χ1n) is 5.68. The van der Waals surface area contributed by atoms with Crippen LogP contribution >= 0.6 is 0 Å². The normalized spacial score (nSPS) is 35.6. The van der Waals surface area contributed by atoms with E-state index in [4.69, 9.17) is 9.47 Å². The lowest BCUT2D eigenvalue weighted by molar-refractivity contribution is -0.144. The second-order valence-electron chi connectivity index (χ2n) is 4.38. The molecule has 0 N–H and O–H groups in total. The molecular weight excluding hydrogens is 208 g/mol. The standard InChI is InChI=1S/C12H16O4/c1-8(13)15-10-3-2-4-11-9(5-6-10)7-12(14)16-11/h2-3,9-11H,4-7H2,1H3/b3-2-. The van der Waals surface area contributed by atoms with Gasteiger partial charge in [-0.25, -0.2) is 0 Å². The fourth-order valence-electron chi connectivity index (χ4n) is 2.34. The predicted octanol–water partition coefficient (Wildman–Crippen LogP) is 1.59. The van der Waals surface area contributed by atoms with Gasteiger partial charge in [0.1, 0.15) is 12.2 Å². The molecule has 0 spiro atoms. The predicted molar refractivity (Wildman–Crippen MR) is 56.5 cm³/mol. The van der Waals surface area contributed by atoms with Crippen LogP contribution in [0, 0.1) is 5.92 Å². The lowest BCUT2D eigenvalue weighted by atomic mass is 9.90. The van der Waals surface area contributed by atoms with E-state index in [2.05, 4.69) is 0 Å². The second kappa shape index (κ2) is 4.68. The zero-order valence-corrected chi connectivity index (χ0v) is 9.35. The van der Waals surface area contributed by atoms with Crippen molar-refractivity contribution in [3.63, 3.8) is 0 Å². The van der Waals surface area contributed by atoms with Gasteiger partial charge < -0.3 is 9.47 Å². The zero-order chi connectivity index (χ0) is 11.5. The van der Waals surface area contributed by atoms with Gasteiger partial charge in [-0.05, 0) is 18.9 Å². The number of carbonyl (C=O) groups excluding carboxylic acids is 2. The van der Waals surface area contributed by atoms with Gasteiger partial charge in [-0.15, -0.1) is 0 Å². The van der Waals surface area contributed by atoms with Gasteiger partial charge in [-0.1, -0.05) is 6.08 Å². The topological polar surface area (TPSA) is 52.6 Å². The van der Waals surface area contributed by atoms with Crippen LogP contribution in [0.1, 0.15) is 32.6 Å². The van der Waals surface area contributed by atoms with Crippen LogP contribution in [0.4, 0.5) is 0 Å². The molecule has 1 aliphatic heterocycles. The number of ether oxygens (including phenoxy) is 2. The van der Waals surface area contributed by atoms with E-state index in [0.29, 0.717) is 6.42 Å². The van der Waals surface area contributed by atoms with E-state index in [1.54, 1.807) is 0 Å². The van der Waals surface area contributed by atoms with Crippen LogP contribution in [0.2, 0.25) is 0 Å². The van der Waals surface area contributed by atoms with E-state index >= 15 is 0 Å². The molecule has 0 aromatic rings. The number of hydrogen-bond donors (Lipinski definition) is 0. The van der Waals surface area contributed by atoms with Crippen molar-refractivity contribution in [1.29, 1.82) is 0 Å². The summed E-state index contributed by atoms with van der Waals surface area (Å²) in [5, 5.41) is 0. The summed E-state index contributed by atoms with van der Waals surface area (Å²) in [5.41, 5.74) is 0. The molecule has 0 saturated carbocycles. The molecule has 3 atom stereocenters. The molecule has 0 radical (unpaired) electrons. The molecule has 88 valence electrons. The van der Waals surface area contributed by atoms with Crippen molar-refractivity contribution in [1.82, 2.24) is 0 Å². The molecule has 16 heavy (non-hydrogen) atoms. The summed E-state index contributed by atoms with van der Waals surface area (Å²) in [6, 6.07) is 0. The average molecular weight is 224 g/mol. The first-order chi connectivity index (χ1) is 7.65. The molecule has 0 amide bonds.